The van der Waals surface area contributed by atoms with Crippen molar-refractivity contribution in [3.05, 3.63) is 23.8 Å². The first-order chi connectivity index (χ1) is 6.33. The van der Waals surface area contributed by atoms with Crippen LogP contribution in [0.2, 0.25) is 0 Å². The molecule has 2 nitrogen and oxygen atoms in total. The number of hydrogen-bond acceptors (Lipinski definition) is 2. The molecule has 0 amide bonds. The van der Waals surface area contributed by atoms with E-state index in [1.807, 2.05) is 0 Å². The quantitative estimate of drug-likeness (QED) is 0.639. The van der Waals surface area contributed by atoms with E-state index in [0.717, 1.165) is 5.56 Å². The Morgan fingerprint density at radius 1 is 1.23 bits per heavy atom. The molecule has 13 heavy (non-hydrogen) atoms. The summed E-state index contributed by atoms with van der Waals surface area (Å²) in [7, 11) is 3.19. The van der Waals surface area contributed by atoms with Crippen molar-refractivity contribution in [1.29, 1.82) is 0 Å². The van der Waals surface area contributed by atoms with Crippen molar-refractivity contribution < 1.29 is 9.47 Å². The molecule has 0 saturated heterocycles. The largest absolute Gasteiger partial charge is 0.493 e. The van der Waals surface area contributed by atoms with Gasteiger partial charge in [-0.1, -0.05) is 5.92 Å². The summed E-state index contributed by atoms with van der Waals surface area (Å²) in [5.41, 5.74) is 0.796. The maximum atomic E-state index is 5.17. The minimum absolute atomic E-state index is 0.655. The lowest BCUT2D eigenvalue weighted by atomic mass is 10.2. The van der Waals surface area contributed by atoms with E-state index >= 15 is 0 Å². The van der Waals surface area contributed by atoms with Crippen LogP contribution in [-0.2, 0) is 0 Å². The number of ether oxygens (including phenoxy) is 2. The van der Waals surface area contributed by atoms with Crippen molar-refractivity contribution in [3.63, 3.8) is 0 Å². The fourth-order valence-corrected chi connectivity index (χ4v) is 1.05. The van der Waals surface area contributed by atoms with Crippen LogP contribution in [0.5, 0.6) is 11.5 Å². The summed E-state index contributed by atoms with van der Waals surface area (Å²) < 4.78 is 10.3. The molecular weight excluding hydrogens is 164 g/mol. The molecule has 0 aliphatic carbocycles. The molecule has 1 radical (unpaired) electrons. The Morgan fingerprint density at radius 2 is 2.00 bits per heavy atom. The van der Waals surface area contributed by atoms with Gasteiger partial charge in [0.2, 0.25) is 0 Å². The minimum atomic E-state index is 0.655. The van der Waals surface area contributed by atoms with Gasteiger partial charge in [-0.15, -0.1) is 5.92 Å². The van der Waals surface area contributed by atoms with Gasteiger partial charge in [0, 0.05) is 0 Å². The van der Waals surface area contributed by atoms with Gasteiger partial charge in [0.15, 0.2) is 11.5 Å². The van der Waals surface area contributed by atoms with E-state index in [2.05, 4.69) is 17.9 Å². The Kier molecular flexibility index (Phi) is 3.22. The number of methoxy groups -OCH3 is 2. The number of rotatable bonds is 2. The smallest absolute Gasteiger partial charge is 0.176 e. The maximum Gasteiger partial charge on any atom is 0.176 e. The van der Waals surface area contributed by atoms with Crippen LogP contribution in [0.3, 0.4) is 0 Å². The fraction of sp³-hybridized carbons (Fsp3) is 0.273. The molecule has 0 aliphatic rings. The average molecular weight is 175 g/mol. The predicted octanol–water partition coefficient (Wildman–Crippen LogP) is 1.88. The topological polar surface area (TPSA) is 18.5 Å². The summed E-state index contributed by atoms with van der Waals surface area (Å²) >= 11 is 0. The molecule has 0 heterocycles. The molecule has 0 atom stereocenters. The first-order valence-electron chi connectivity index (χ1n) is 3.88. The Morgan fingerprint density at radius 3 is 2.54 bits per heavy atom. The van der Waals surface area contributed by atoms with Gasteiger partial charge in [-0.25, -0.2) is 0 Å². The molecule has 0 bridgehead atoms. The van der Waals surface area contributed by atoms with Crippen molar-refractivity contribution in [2.45, 2.75) is 6.92 Å². The highest BCUT2D eigenvalue weighted by molar-refractivity contribution is 5.53. The van der Waals surface area contributed by atoms with Gasteiger partial charge in [0.05, 0.1) is 19.8 Å². The van der Waals surface area contributed by atoms with Crippen LogP contribution in [0, 0.1) is 17.9 Å². The molecule has 0 spiro atoms. The van der Waals surface area contributed by atoms with E-state index < -0.39 is 0 Å². The van der Waals surface area contributed by atoms with E-state index in [0.29, 0.717) is 11.5 Å². The van der Waals surface area contributed by atoms with Crippen molar-refractivity contribution >= 4 is 0 Å². The zero-order chi connectivity index (χ0) is 9.68. The summed E-state index contributed by atoms with van der Waals surface area (Å²) in [6.07, 6.45) is 0. The molecule has 2 heteroatoms. The Labute approximate surface area is 78.5 Å². The van der Waals surface area contributed by atoms with Crippen LogP contribution in [-0.4, -0.2) is 14.2 Å². The second-order valence-electron chi connectivity index (χ2n) is 2.35. The van der Waals surface area contributed by atoms with Crippen LogP contribution in [0.25, 0.3) is 0 Å². The highest BCUT2D eigenvalue weighted by atomic mass is 16.5. The number of benzene rings is 1. The molecule has 0 unspecified atom stereocenters. The minimum Gasteiger partial charge on any atom is -0.493 e. The third-order valence-corrected chi connectivity index (χ3v) is 1.59. The SMILES string of the molecule is CC#Cc1c[c]cc(OC)c1OC. The standard InChI is InChI=1S/C11H11O2/c1-4-6-9-7-5-8-10(12-2)11(9)13-3/h7-8H,1-3H3. The maximum absolute atomic E-state index is 5.17. The van der Waals surface area contributed by atoms with E-state index in [1.54, 1.807) is 33.3 Å². The molecule has 1 rings (SSSR count). The third-order valence-electron chi connectivity index (χ3n) is 1.59. The molecule has 0 saturated carbocycles. The monoisotopic (exact) mass is 175 g/mol. The Bertz CT molecular complexity index is 345. The van der Waals surface area contributed by atoms with Crippen LogP contribution in [0.4, 0.5) is 0 Å². The lowest BCUT2D eigenvalue weighted by Gasteiger charge is -2.07. The van der Waals surface area contributed by atoms with Gasteiger partial charge in [0.1, 0.15) is 0 Å². The van der Waals surface area contributed by atoms with Gasteiger partial charge in [0.25, 0.3) is 0 Å². The predicted molar refractivity (Wildman–Crippen MR) is 50.9 cm³/mol. The van der Waals surface area contributed by atoms with E-state index in [4.69, 9.17) is 9.47 Å². The molecule has 67 valence electrons. The van der Waals surface area contributed by atoms with Crippen LogP contribution in [0.15, 0.2) is 12.1 Å². The first-order valence-corrected chi connectivity index (χ1v) is 3.88. The zero-order valence-electron chi connectivity index (χ0n) is 7.97. The van der Waals surface area contributed by atoms with Crippen LogP contribution < -0.4 is 9.47 Å². The van der Waals surface area contributed by atoms with E-state index in [9.17, 15) is 0 Å². The average Bonchev–Trinajstić information content (AvgIpc) is 2.18. The van der Waals surface area contributed by atoms with Gasteiger partial charge in [-0.05, 0) is 25.1 Å². The lowest BCUT2D eigenvalue weighted by molar-refractivity contribution is 0.354. The highest BCUT2D eigenvalue weighted by Gasteiger charge is 2.06. The second kappa shape index (κ2) is 4.42. The van der Waals surface area contributed by atoms with Crippen molar-refractivity contribution in [2.24, 2.45) is 0 Å². The van der Waals surface area contributed by atoms with Crippen LogP contribution in [0.1, 0.15) is 12.5 Å². The fourth-order valence-electron chi connectivity index (χ4n) is 1.05. The van der Waals surface area contributed by atoms with E-state index in [-0.39, 0.29) is 0 Å². The zero-order valence-corrected chi connectivity index (χ0v) is 7.97. The molecule has 0 aromatic heterocycles. The summed E-state index contributed by atoms with van der Waals surface area (Å²) in [4.78, 5) is 0. The molecule has 0 N–H and O–H groups in total. The molecular formula is C11H11O2. The number of hydrogen-bond donors (Lipinski definition) is 0. The summed E-state index contributed by atoms with van der Waals surface area (Å²) in [5, 5.41) is 0. The summed E-state index contributed by atoms with van der Waals surface area (Å²) in [5.74, 6) is 7.04. The van der Waals surface area contributed by atoms with Crippen molar-refractivity contribution in [1.82, 2.24) is 0 Å². The van der Waals surface area contributed by atoms with Crippen molar-refractivity contribution in [3.8, 4) is 23.3 Å². The molecule has 1 aromatic rings. The summed E-state index contributed by atoms with van der Waals surface area (Å²) in [6.45, 7) is 1.78. The van der Waals surface area contributed by atoms with Crippen molar-refractivity contribution in [2.75, 3.05) is 14.2 Å². The molecule has 0 aliphatic heterocycles. The van der Waals surface area contributed by atoms with Gasteiger partial charge in [-0.2, -0.15) is 0 Å². The molecule has 0 fully saturated rings. The first kappa shape index (κ1) is 9.47. The molecule has 1 aromatic carbocycles. The van der Waals surface area contributed by atoms with Gasteiger partial charge in [-0.3, -0.25) is 0 Å². The van der Waals surface area contributed by atoms with Gasteiger partial charge < -0.3 is 9.47 Å². The normalized spacial score (nSPS) is 8.54. The van der Waals surface area contributed by atoms with E-state index in [1.165, 1.54) is 0 Å². The highest BCUT2D eigenvalue weighted by Crippen LogP contribution is 2.29. The Balaban J connectivity index is 3.24. The Hall–Kier alpha value is -1.62. The lowest BCUT2D eigenvalue weighted by Crippen LogP contribution is -1.92. The van der Waals surface area contributed by atoms with Crippen LogP contribution >= 0.6 is 0 Å². The second-order valence-corrected chi connectivity index (χ2v) is 2.35. The van der Waals surface area contributed by atoms with Gasteiger partial charge >= 0.3 is 0 Å². The summed E-state index contributed by atoms with van der Waals surface area (Å²) in [6, 6.07) is 6.43. The third kappa shape index (κ3) is 1.94.